The van der Waals surface area contributed by atoms with Gasteiger partial charge in [-0.2, -0.15) is 0 Å². The zero-order valence-electron chi connectivity index (χ0n) is 8.98. The van der Waals surface area contributed by atoms with Crippen LogP contribution < -0.4 is 10.5 Å². The molecule has 2 atom stereocenters. The van der Waals surface area contributed by atoms with Crippen LogP contribution in [0.3, 0.4) is 0 Å². The molecule has 0 heterocycles. The average molecular weight is 232 g/mol. The van der Waals surface area contributed by atoms with Crippen molar-refractivity contribution in [1.29, 1.82) is 0 Å². The molecule has 0 aromatic heterocycles. The first kappa shape index (κ1) is 11.4. The fourth-order valence-corrected chi connectivity index (χ4v) is 3.98. The molecule has 2 fully saturated rings. The van der Waals surface area contributed by atoms with E-state index >= 15 is 0 Å². The highest BCUT2D eigenvalue weighted by atomic mass is 32.2. The average Bonchev–Trinajstić information content (AvgIpc) is 2.91. The lowest BCUT2D eigenvalue weighted by atomic mass is 9.92. The van der Waals surface area contributed by atoms with E-state index in [1.807, 2.05) is 0 Å². The van der Waals surface area contributed by atoms with Crippen molar-refractivity contribution in [3.63, 3.8) is 0 Å². The van der Waals surface area contributed by atoms with E-state index in [0.29, 0.717) is 11.7 Å². The summed E-state index contributed by atoms with van der Waals surface area (Å²) in [5, 5.41) is 0. The zero-order valence-corrected chi connectivity index (χ0v) is 9.80. The van der Waals surface area contributed by atoms with Crippen LogP contribution in [0.4, 0.5) is 0 Å². The Bertz CT molecular complexity index is 311. The lowest BCUT2D eigenvalue weighted by molar-refractivity contribution is 0.361. The highest BCUT2D eigenvalue weighted by molar-refractivity contribution is 7.89. The lowest BCUT2D eigenvalue weighted by Gasteiger charge is -2.29. The monoisotopic (exact) mass is 232 g/mol. The van der Waals surface area contributed by atoms with Gasteiger partial charge in [-0.3, -0.25) is 0 Å². The van der Waals surface area contributed by atoms with Crippen LogP contribution in [0.5, 0.6) is 0 Å². The summed E-state index contributed by atoms with van der Waals surface area (Å²) >= 11 is 0. The Kier molecular flexibility index (Phi) is 3.33. The number of hydrogen-bond acceptors (Lipinski definition) is 3. The third-order valence-electron chi connectivity index (χ3n) is 3.30. The van der Waals surface area contributed by atoms with E-state index in [0.717, 1.165) is 38.5 Å². The van der Waals surface area contributed by atoms with E-state index < -0.39 is 10.0 Å². The van der Waals surface area contributed by atoms with Crippen molar-refractivity contribution >= 4 is 10.0 Å². The maximum absolute atomic E-state index is 11.7. The van der Waals surface area contributed by atoms with Crippen molar-refractivity contribution in [1.82, 2.24) is 4.72 Å². The molecule has 15 heavy (non-hydrogen) atoms. The highest BCUT2D eigenvalue weighted by Crippen LogP contribution is 2.30. The molecule has 88 valence electrons. The molecule has 0 bridgehead atoms. The molecule has 0 aromatic carbocycles. The van der Waals surface area contributed by atoms with Gasteiger partial charge in [-0.25, -0.2) is 13.1 Å². The van der Waals surface area contributed by atoms with Crippen LogP contribution in [0, 0.1) is 5.92 Å². The van der Waals surface area contributed by atoms with E-state index in [1.165, 1.54) is 0 Å². The number of sulfonamides is 1. The van der Waals surface area contributed by atoms with Crippen LogP contribution in [0.2, 0.25) is 0 Å². The summed E-state index contributed by atoms with van der Waals surface area (Å²) in [6, 6.07) is -0.0183. The number of nitrogens with one attached hydrogen (secondary N) is 1. The first-order valence-electron chi connectivity index (χ1n) is 5.82. The molecule has 2 unspecified atom stereocenters. The first-order chi connectivity index (χ1) is 7.07. The Labute approximate surface area is 91.7 Å². The van der Waals surface area contributed by atoms with Gasteiger partial charge in [0.15, 0.2) is 0 Å². The van der Waals surface area contributed by atoms with Gasteiger partial charge in [-0.1, -0.05) is 12.8 Å². The maximum atomic E-state index is 11.7. The molecule has 0 spiro atoms. The van der Waals surface area contributed by atoms with Crippen LogP contribution in [0.25, 0.3) is 0 Å². The SMILES string of the molecule is NC1CCCCC1NS(=O)(=O)CC1CC1. The Morgan fingerprint density at radius 1 is 1.13 bits per heavy atom. The predicted molar refractivity (Wildman–Crippen MR) is 59.9 cm³/mol. The molecule has 3 N–H and O–H groups in total. The third-order valence-corrected chi connectivity index (χ3v) is 4.87. The Balaban J connectivity index is 1.88. The molecule has 2 aliphatic carbocycles. The van der Waals surface area contributed by atoms with Crippen molar-refractivity contribution in [3.8, 4) is 0 Å². The van der Waals surface area contributed by atoms with Crippen LogP contribution in [-0.4, -0.2) is 26.3 Å². The van der Waals surface area contributed by atoms with E-state index in [4.69, 9.17) is 5.73 Å². The van der Waals surface area contributed by atoms with Crippen molar-refractivity contribution in [3.05, 3.63) is 0 Å². The molecule has 2 saturated carbocycles. The number of hydrogen-bond donors (Lipinski definition) is 2. The molecule has 0 aromatic rings. The van der Waals surface area contributed by atoms with Crippen LogP contribution in [-0.2, 0) is 10.0 Å². The van der Waals surface area contributed by atoms with Crippen LogP contribution in [0.1, 0.15) is 38.5 Å². The summed E-state index contributed by atoms with van der Waals surface area (Å²) in [7, 11) is -3.08. The second-order valence-electron chi connectivity index (χ2n) is 4.90. The minimum absolute atomic E-state index is 0.00716. The van der Waals surface area contributed by atoms with Gasteiger partial charge in [0.25, 0.3) is 0 Å². The Morgan fingerprint density at radius 2 is 1.80 bits per heavy atom. The van der Waals surface area contributed by atoms with Gasteiger partial charge in [-0.15, -0.1) is 0 Å². The molecule has 4 nitrogen and oxygen atoms in total. The van der Waals surface area contributed by atoms with Crippen LogP contribution >= 0.6 is 0 Å². The summed E-state index contributed by atoms with van der Waals surface area (Å²) < 4.78 is 26.2. The number of rotatable bonds is 4. The summed E-state index contributed by atoms with van der Waals surface area (Å²) in [4.78, 5) is 0. The van der Waals surface area contributed by atoms with Gasteiger partial charge >= 0.3 is 0 Å². The van der Waals surface area contributed by atoms with Gasteiger partial charge in [0.1, 0.15) is 0 Å². The molecular formula is C10H20N2O2S. The van der Waals surface area contributed by atoms with E-state index in [2.05, 4.69) is 4.72 Å². The summed E-state index contributed by atoms with van der Waals surface area (Å²) in [6.45, 7) is 0. The van der Waals surface area contributed by atoms with Gasteiger partial charge in [0.2, 0.25) is 10.0 Å². The third kappa shape index (κ3) is 3.43. The lowest BCUT2D eigenvalue weighted by Crippen LogP contribution is -2.49. The fourth-order valence-electron chi connectivity index (χ4n) is 2.18. The van der Waals surface area contributed by atoms with Crippen LogP contribution in [0.15, 0.2) is 0 Å². The Hall–Kier alpha value is -0.130. The minimum Gasteiger partial charge on any atom is -0.326 e. The summed E-state index contributed by atoms with van der Waals surface area (Å²) in [5.74, 6) is 0.707. The van der Waals surface area contributed by atoms with E-state index in [9.17, 15) is 8.42 Å². The van der Waals surface area contributed by atoms with Gasteiger partial charge in [-0.05, 0) is 31.6 Å². The molecule has 5 heteroatoms. The first-order valence-corrected chi connectivity index (χ1v) is 7.47. The number of nitrogens with two attached hydrogens (primary N) is 1. The fraction of sp³-hybridized carbons (Fsp3) is 1.00. The van der Waals surface area contributed by atoms with E-state index in [1.54, 1.807) is 0 Å². The van der Waals surface area contributed by atoms with Crippen molar-refractivity contribution < 1.29 is 8.42 Å². The van der Waals surface area contributed by atoms with E-state index in [-0.39, 0.29) is 12.1 Å². The second kappa shape index (κ2) is 4.39. The molecule has 2 aliphatic rings. The molecule has 0 saturated heterocycles. The zero-order chi connectivity index (χ0) is 10.9. The predicted octanol–water partition coefficient (Wildman–Crippen LogP) is 0.586. The van der Waals surface area contributed by atoms with Gasteiger partial charge in [0, 0.05) is 12.1 Å². The van der Waals surface area contributed by atoms with Gasteiger partial charge < -0.3 is 5.73 Å². The van der Waals surface area contributed by atoms with Gasteiger partial charge in [0.05, 0.1) is 5.75 Å². The molecule has 2 rings (SSSR count). The Morgan fingerprint density at radius 3 is 2.40 bits per heavy atom. The second-order valence-corrected chi connectivity index (χ2v) is 6.70. The largest absolute Gasteiger partial charge is 0.326 e. The molecule has 0 aliphatic heterocycles. The standard InChI is InChI=1S/C10H20N2O2S/c11-9-3-1-2-4-10(9)12-15(13,14)7-8-5-6-8/h8-10,12H,1-7,11H2. The molecular weight excluding hydrogens is 212 g/mol. The normalized spacial score (nSPS) is 32.9. The minimum atomic E-state index is -3.08. The van der Waals surface area contributed by atoms with Crippen molar-refractivity contribution in [2.24, 2.45) is 11.7 Å². The van der Waals surface area contributed by atoms with Crippen molar-refractivity contribution in [2.45, 2.75) is 50.6 Å². The highest BCUT2D eigenvalue weighted by Gasteiger charge is 2.31. The smallest absolute Gasteiger partial charge is 0.212 e. The quantitative estimate of drug-likeness (QED) is 0.745. The maximum Gasteiger partial charge on any atom is 0.212 e. The molecule has 0 radical (unpaired) electrons. The summed E-state index contributed by atoms with van der Waals surface area (Å²) in [6.07, 6.45) is 6.18. The van der Waals surface area contributed by atoms with Crippen molar-refractivity contribution in [2.75, 3.05) is 5.75 Å². The molecule has 0 amide bonds. The summed E-state index contributed by atoms with van der Waals surface area (Å²) in [5.41, 5.74) is 5.91. The topological polar surface area (TPSA) is 72.2 Å².